The van der Waals surface area contributed by atoms with Crippen LogP contribution in [-0.2, 0) is 62.3 Å². The highest BCUT2D eigenvalue weighted by Gasteiger charge is 2.46. The highest BCUT2D eigenvalue weighted by Crippen LogP contribution is 2.57. The summed E-state index contributed by atoms with van der Waals surface area (Å²) in [4.78, 5) is 0. The van der Waals surface area contributed by atoms with Gasteiger partial charge in [-0.1, -0.05) is 60.7 Å². The van der Waals surface area contributed by atoms with Gasteiger partial charge in [-0.15, -0.1) is 0 Å². The molecule has 16 nitrogen and oxygen atoms in total. The second kappa shape index (κ2) is 34.0. The number of rotatable bonds is 42. The number of fused-ring (bicyclic) bond motifs is 3. The minimum absolute atomic E-state index is 0.281. The third-order valence-corrected chi connectivity index (χ3v) is 10.9. The highest BCUT2D eigenvalue weighted by molar-refractivity contribution is 5.86. The predicted molar refractivity (Wildman–Crippen MR) is 260 cm³/mol. The monoisotopic (exact) mass is 966 g/mol. The Morgan fingerprint density at radius 1 is 0.275 bits per heavy atom. The summed E-state index contributed by atoms with van der Waals surface area (Å²) in [6.45, 7) is 10.4. The fraction of sp³-hybridized carbons (Fsp3) is 0.547. The maximum absolute atomic E-state index is 6.54. The van der Waals surface area contributed by atoms with E-state index in [-0.39, 0.29) is 13.2 Å². The topological polar surface area (TPSA) is 148 Å². The van der Waals surface area contributed by atoms with Crippen LogP contribution in [0.1, 0.15) is 22.3 Å². The third-order valence-electron chi connectivity index (χ3n) is 10.9. The van der Waals surface area contributed by atoms with Gasteiger partial charge in [-0.05, 0) is 57.6 Å². The molecule has 5 rings (SSSR count). The molecule has 0 heterocycles. The Bertz CT molecular complexity index is 1820. The third kappa shape index (κ3) is 18.1. The first-order valence-electron chi connectivity index (χ1n) is 23.8. The van der Waals surface area contributed by atoms with Crippen LogP contribution in [0.3, 0.4) is 0 Å². The molecule has 0 fully saturated rings. The number of ether oxygens (including phenoxy) is 16. The lowest BCUT2D eigenvalue weighted by molar-refractivity contribution is 0.0159. The van der Waals surface area contributed by atoms with Crippen molar-refractivity contribution in [3.05, 3.63) is 107 Å². The van der Waals surface area contributed by atoms with Crippen LogP contribution in [0.2, 0.25) is 0 Å². The van der Waals surface area contributed by atoms with E-state index in [0.29, 0.717) is 168 Å². The molecule has 0 atom stereocenters. The predicted octanol–water partition coefficient (Wildman–Crippen LogP) is 6.28. The minimum atomic E-state index is -0.815. The Kier molecular flexibility index (Phi) is 27.4. The van der Waals surface area contributed by atoms with Crippen LogP contribution in [-0.4, -0.2) is 187 Å². The van der Waals surface area contributed by atoms with Crippen LogP contribution in [0.25, 0.3) is 11.1 Å². The Morgan fingerprint density at radius 2 is 0.536 bits per heavy atom. The number of methoxy groups -OCH3 is 4. The standard InChI is InChI=1S/C53H74O16/c1-54-17-21-58-25-29-62-33-37-66-49-15-13-43(41-51(49)68-39-35-64-31-27-60-23-19-56-3)53(47-11-7-5-9-45(47)46-10-6-8-12-48(46)53)44-14-16-50(67-38-34-63-30-26-59-22-18-55-2)52(42-44)69-40-36-65-32-28-61-24-20-57-4/h5-16,41-42H,17-40H2,1-4H3. The van der Waals surface area contributed by atoms with Crippen LogP contribution >= 0.6 is 0 Å². The van der Waals surface area contributed by atoms with Gasteiger partial charge >= 0.3 is 0 Å². The first-order chi connectivity index (χ1) is 34.2. The maximum atomic E-state index is 6.54. The number of hydrogen-bond donors (Lipinski definition) is 0. The second-order valence-corrected chi connectivity index (χ2v) is 15.4. The highest BCUT2D eigenvalue weighted by atomic mass is 16.6. The van der Waals surface area contributed by atoms with E-state index in [0.717, 1.165) is 33.4 Å². The van der Waals surface area contributed by atoms with E-state index in [1.165, 1.54) is 0 Å². The molecular weight excluding hydrogens is 893 g/mol. The summed E-state index contributed by atoms with van der Waals surface area (Å²) >= 11 is 0. The van der Waals surface area contributed by atoms with Crippen molar-refractivity contribution >= 4 is 0 Å². The maximum Gasteiger partial charge on any atom is 0.161 e. The Labute approximate surface area is 408 Å². The van der Waals surface area contributed by atoms with Gasteiger partial charge in [-0.2, -0.15) is 0 Å². The SMILES string of the molecule is COCCOCCOCCOc1ccc(C2(c3ccc(OCCOCCOCCOC)c(OCCOCCOCCOC)c3)c3ccccc3-c3ccccc32)cc1OCCOCCOCCOC. The van der Waals surface area contributed by atoms with Gasteiger partial charge in [0.2, 0.25) is 0 Å². The average molecular weight is 967 g/mol. The van der Waals surface area contributed by atoms with Crippen LogP contribution in [0.5, 0.6) is 23.0 Å². The average Bonchev–Trinajstić information content (AvgIpc) is 3.68. The fourth-order valence-corrected chi connectivity index (χ4v) is 7.67. The molecular formula is C53H74O16. The number of hydrogen-bond acceptors (Lipinski definition) is 16. The fourth-order valence-electron chi connectivity index (χ4n) is 7.67. The lowest BCUT2D eigenvalue weighted by atomic mass is 9.67. The second-order valence-electron chi connectivity index (χ2n) is 15.4. The molecule has 0 N–H and O–H groups in total. The molecule has 1 aliphatic rings. The quantitative estimate of drug-likeness (QED) is 0.0404. The van der Waals surface area contributed by atoms with Crippen molar-refractivity contribution in [2.45, 2.75) is 5.41 Å². The van der Waals surface area contributed by atoms with Crippen LogP contribution < -0.4 is 18.9 Å². The van der Waals surface area contributed by atoms with E-state index in [1.54, 1.807) is 28.4 Å². The normalized spacial score (nSPS) is 12.5. The summed E-state index contributed by atoms with van der Waals surface area (Å²) in [5.41, 5.74) is 5.61. The molecule has 0 radical (unpaired) electrons. The molecule has 0 aromatic heterocycles. The van der Waals surface area contributed by atoms with E-state index in [4.69, 9.17) is 75.8 Å². The van der Waals surface area contributed by atoms with E-state index in [2.05, 4.69) is 72.8 Å². The van der Waals surface area contributed by atoms with Crippen LogP contribution in [0.15, 0.2) is 84.9 Å². The van der Waals surface area contributed by atoms with Gasteiger partial charge < -0.3 is 75.8 Å². The zero-order valence-corrected chi connectivity index (χ0v) is 41.1. The molecule has 382 valence electrons. The number of benzene rings is 4. The summed E-state index contributed by atoms with van der Waals surface area (Å²) in [7, 11) is 6.59. The molecule has 0 amide bonds. The summed E-state index contributed by atoms with van der Waals surface area (Å²) in [5, 5.41) is 0. The van der Waals surface area contributed by atoms with Crippen molar-refractivity contribution in [3.8, 4) is 34.1 Å². The van der Waals surface area contributed by atoms with Crippen molar-refractivity contribution in [1.29, 1.82) is 0 Å². The molecule has 69 heavy (non-hydrogen) atoms. The first-order valence-corrected chi connectivity index (χ1v) is 23.8. The lowest BCUT2D eigenvalue weighted by Gasteiger charge is -2.34. The van der Waals surface area contributed by atoms with Gasteiger partial charge in [-0.3, -0.25) is 0 Å². The molecule has 0 saturated heterocycles. The van der Waals surface area contributed by atoms with Gasteiger partial charge in [0.1, 0.15) is 26.4 Å². The Morgan fingerprint density at radius 3 is 0.841 bits per heavy atom. The Hall–Kier alpha value is -4.40. The van der Waals surface area contributed by atoms with Crippen LogP contribution in [0.4, 0.5) is 0 Å². The summed E-state index contributed by atoms with van der Waals surface area (Å²) < 4.78 is 91.6. The van der Waals surface area contributed by atoms with Crippen LogP contribution in [0, 0.1) is 0 Å². The van der Waals surface area contributed by atoms with Crippen molar-refractivity contribution in [1.82, 2.24) is 0 Å². The van der Waals surface area contributed by atoms with Gasteiger partial charge in [0.15, 0.2) is 23.0 Å². The summed E-state index contributed by atoms with van der Waals surface area (Å²) in [6, 6.07) is 29.4. The molecule has 4 aromatic carbocycles. The van der Waals surface area contributed by atoms with Gasteiger partial charge in [0.25, 0.3) is 0 Å². The molecule has 16 heteroatoms. The van der Waals surface area contributed by atoms with E-state index in [1.807, 2.05) is 12.1 Å². The van der Waals surface area contributed by atoms with Gasteiger partial charge in [0.05, 0.1) is 138 Å². The first kappa shape index (κ1) is 55.5. The zero-order chi connectivity index (χ0) is 48.5. The zero-order valence-electron chi connectivity index (χ0n) is 41.1. The molecule has 4 aromatic rings. The van der Waals surface area contributed by atoms with Crippen molar-refractivity contribution in [2.24, 2.45) is 0 Å². The lowest BCUT2D eigenvalue weighted by Crippen LogP contribution is -2.29. The van der Waals surface area contributed by atoms with E-state index in [9.17, 15) is 0 Å². The molecule has 1 aliphatic carbocycles. The largest absolute Gasteiger partial charge is 0.487 e. The van der Waals surface area contributed by atoms with Crippen molar-refractivity contribution in [3.63, 3.8) is 0 Å². The van der Waals surface area contributed by atoms with Gasteiger partial charge in [0, 0.05) is 28.4 Å². The summed E-state index contributed by atoms with van der Waals surface area (Å²) in [5.74, 6) is 2.30. The Balaban J connectivity index is 1.45. The summed E-state index contributed by atoms with van der Waals surface area (Å²) in [6.07, 6.45) is 0. The van der Waals surface area contributed by atoms with Crippen molar-refractivity contribution in [2.75, 3.05) is 187 Å². The van der Waals surface area contributed by atoms with Crippen molar-refractivity contribution < 1.29 is 75.8 Å². The smallest absolute Gasteiger partial charge is 0.161 e. The van der Waals surface area contributed by atoms with E-state index >= 15 is 0 Å². The van der Waals surface area contributed by atoms with Gasteiger partial charge in [-0.25, -0.2) is 0 Å². The molecule has 0 bridgehead atoms. The molecule has 0 saturated carbocycles. The molecule has 0 unspecified atom stereocenters. The molecule has 0 aliphatic heterocycles. The minimum Gasteiger partial charge on any atom is -0.487 e. The molecule has 0 spiro atoms. The van der Waals surface area contributed by atoms with E-state index < -0.39 is 5.41 Å².